The van der Waals surface area contributed by atoms with Gasteiger partial charge in [0.25, 0.3) is 0 Å². The van der Waals surface area contributed by atoms with E-state index in [0.717, 1.165) is 64.9 Å². The molecule has 3 fully saturated rings. The molecule has 0 bridgehead atoms. The van der Waals surface area contributed by atoms with Crippen molar-refractivity contribution in [1.82, 2.24) is 21.3 Å². The number of rotatable bonds is 8. The predicted molar refractivity (Wildman–Crippen MR) is 123 cm³/mol. The molecule has 3 rings (SSSR count). The minimum atomic E-state index is -0.818. The normalized spacial score (nSPS) is 26.2. The van der Waals surface area contributed by atoms with Crippen molar-refractivity contribution in [2.24, 2.45) is 11.8 Å². The lowest BCUT2D eigenvalue weighted by molar-refractivity contribution is -0.214. The summed E-state index contributed by atoms with van der Waals surface area (Å²) in [6.45, 7) is 12.4. The average Bonchev–Trinajstić information content (AvgIpc) is 3.45. The number of amides is 2. The van der Waals surface area contributed by atoms with E-state index in [2.05, 4.69) is 21.3 Å². The third-order valence-electron chi connectivity index (χ3n) is 5.83. The molecule has 0 radical (unpaired) electrons. The second-order valence-electron chi connectivity index (χ2n) is 10.3. The highest BCUT2D eigenvalue weighted by Gasteiger charge is 2.28. The van der Waals surface area contributed by atoms with Crippen LogP contribution >= 0.6 is 0 Å². The summed E-state index contributed by atoms with van der Waals surface area (Å²) in [4.78, 5) is 23.4. The second-order valence-corrected chi connectivity index (χ2v) is 10.3. The Hall–Kier alpha value is -1.26. The van der Waals surface area contributed by atoms with Gasteiger partial charge in [0.2, 0.25) is 11.8 Å². The Balaban J connectivity index is 0.000000244. The number of aliphatic hydroxyl groups is 1. The van der Waals surface area contributed by atoms with Gasteiger partial charge in [-0.2, -0.15) is 0 Å². The maximum absolute atomic E-state index is 11.9. The van der Waals surface area contributed by atoms with E-state index in [1.165, 1.54) is 0 Å². The van der Waals surface area contributed by atoms with Gasteiger partial charge in [-0.1, -0.05) is 0 Å². The van der Waals surface area contributed by atoms with E-state index in [4.69, 9.17) is 9.47 Å². The zero-order chi connectivity index (χ0) is 23.6. The summed E-state index contributed by atoms with van der Waals surface area (Å²) in [5, 5.41) is 21.4. The van der Waals surface area contributed by atoms with E-state index in [9.17, 15) is 14.7 Å². The first-order chi connectivity index (χ1) is 15.1. The summed E-state index contributed by atoms with van der Waals surface area (Å²) in [7, 11) is 0. The predicted octanol–water partition coefficient (Wildman–Crippen LogP) is 0.517. The van der Waals surface area contributed by atoms with E-state index in [0.29, 0.717) is 13.1 Å². The molecule has 3 saturated heterocycles. The molecule has 3 heterocycles. The number of nitrogens with one attached hydrogen (secondary N) is 4. The van der Waals surface area contributed by atoms with Crippen molar-refractivity contribution in [3.05, 3.63) is 0 Å². The molecule has 2 amide bonds. The van der Waals surface area contributed by atoms with Crippen molar-refractivity contribution in [2.75, 3.05) is 45.9 Å². The molecule has 0 aromatic rings. The smallest absolute Gasteiger partial charge is 0.224 e. The molecular weight excluding hydrogens is 412 g/mol. The summed E-state index contributed by atoms with van der Waals surface area (Å²) in [6, 6.07) is 0. The third kappa shape index (κ3) is 10.6. The lowest BCUT2D eigenvalue weighted by Crippen LogP contribution is -2.45. The van der Waals surface area contributed by atoms with E-state index in [-0.39, 0.29) is 35.5 Å². The number of hydrogen-bond donors (Lipinski definition) is 5. The van der Waals surface area contributed by atoms with Crippen LogP contribution in [0.15, 0.2) is 0 Å². The molecule has 0 saturated carbocycles. The summed E-state index contributed by atoms with van der Waals surface area (Å²) >= 11 is 0. The fraction of sp³-hybridized carbons (Fsp3) is 0.913. The molecule has 9 nitrogen and oxygen atoms in total. The molecule has 3 aliphatic rings. The molecule has 5 N–H and O–H groups in total. The second kappa shape index (κ2) is 12.8. The summed E-state index contributed by atoms with van der Waals surface area (Å²) < 4.78 is 11.5. The monoisotopic (exact) mass is 456 g/mol. The zero-order valence-corrected chi connectivity index (χ0v) is 20.3. The Bertz CT molecular complexity index is 575. The van der Waals surface area contributed by atoms with Gasteiger partial charge in [-0.25, -0.2) is 0 Å². The van der Waals surface area contributed by atoms with Crippen molar-refractivity contribution in [3.63, 3.8) is 0 Å². The largest absolute Gasteiger partial charge is 0.389 e. The van der Waals surface area contributed by atoms with Gasteiger partial charge in [-0.3, -0.25) is 9.59 Å². The first kappa shape index (κ1) is 27.0. The minimum Gasteiger partial charge on any atom is -0.389 e. The molecular formula is C23H44N4O5. The molecule has 9 heteroatoms. The lowest BCUT2D eigenvalue weighted by atomic mass is 10.1. The van der Waals surface area contributed by atoms with Crippen molar-refractivity contribution in [3.8, 4) is 0 Å². The summed E-state index contributed by atoms with van der Waals surface area (Å²) in [6.07, 6.45) is 4.93. The van der Waals surface area contributed by atoms with Crippen LogP contribution in [0.25, 0.3) is 0 Å². The Kier molecular flexibility index (Phi) is 10.8. The van der Waals surface area contributed by atoms with Crippen LogP contribution < -0.4 is 21.3 Å². The summed E-state index contributed by atoms with van der Waals surface area (Å²) in [5.41, 5.74) is -1.20. The molecule has 1 unspecified atom stereocenters. The first-order valence-corrected chi connectivity index (χ1v) is 12.0. The van der Waals surface area contributed by atoms with Crippen LogP contribution in [-0.2, 0) is 19.1 Å². The van der Waals surface area contributed by atoms with Crippen LogP contribution in [0.4, 0.5) is 0 Å². The van der Waals surface area contributed by atoms with Crippen molar-refractivity contribution in [1.29, 1.82) is 0 Å². The van der Waals surface area contributed by atoms with E-state index >= 15 is 0 Å². The van der Waals surface area contributed by atoms with Gasteiger partial charge >= 0.3 is 0 Å². The lowest BCUT2D eigenvalue weighted by Gasteiger charge is -2.33. The van der Waals surface area contributed by atoms with Crippen LogP contribution in [-0.4, -0.2) is 80.3 Å². The maximum atomic E-state index is 11.9. The molecule has 0 aromatic heterocycles. The highest BCUT2D eigenvalue weighted by Crippen LogP contribution is 2.20. The number of hydrogen-bond acceptors (Lipinski definition) is 7. The standard InChI is InChI=1S/C14H26N2O3.C9H18N2O2/c1-14(2,19-12-5-3-4-8-18-12)10-16-13(17)11-6-7-15-9-11;1-9(2,13)6-11-8(12)7-3-4-10-5-7/h11-12,15H,3-10H2,1-2H3,(H,16,17);7,10,13H,3-6H2,1-2H3,(H,11,12)/t11-,12?;7-/m00/s1. The van der Waals surface area contributed by atoms with E-state index < -0.39 is 5.60 Å². The average molecular weight is 457 g/mol. The number of carbonyl (C=O) groups is 2. The fourth-order valence-electron chi connectivity index (χ4n) is 3.85. The third-order valence-corrected chi connectivity index (χ3v) is 5.83. The van der Waals surface area contributed by atoms with Gasteiger partial charge in [0.05, 0.1) is 23.0 Å². The van der Waals surface area contributed by atoms with Gasteiger partial charge in [0.15, 0.2) is 6.29 Å². The highest BCUT2D eigenvalue weighted by molar-refractivity contribution is 5.79. The number of ether oxygens (including phenoxy) is 2. The summed E-state index contributed by atoms with van der Waals surface area (Å²) in [5.74, 6) is 0.377. The molecule has 186 valence electrons. The van der Waals surface area contributed by atoms with Crippen LogP contribution in [0.2, 0.25) is 0 Å². The van der Waals surface area contributed by atoms with Crippen LogP contribution in [0, 0.1) is 11.8 Å². The van der Waals surface area contributed by atoms with Crippen LogP contribution in [0.5, 0.6) is 0 Å². The number of carbonyl (C=O) groups excluding carboxylic acids is 2. The molecule has 3 aliphatic heterocycles. The Labute approximate surface area is 192 Å². The molecule has 0 aromatic carbocycles. The van der Waals surface area contributed by atoms with Gasteiger partial charge in [-0.05, 0) is 72.9 Å². The van der Waals surface area contributed by atoms with Crippen molar-refractivity contribution >= 4 is 11.8 Å². The first-order valence-electron chi connectivity index (χ1n) is 12.0. The van der Waals surface area contributed by atoms with Gasteiger partial charge < -0.3 is 35.8 Å². The topological polar surface area (TPSA) is 121 Å². The van der Waals surface area contributed by atoms with Crippen molar-refractivity contribution < 1.29 is 24.2 Å². The van der Waals surface area contributed by atoms with Gasteiger partial charge in [0.1, 0.15) is 0 Å². The molecule has 32 heavy (non-hydrogen) atoms. The van der Waals surface area contributed by atoms with E-state index in [1.807, 2.05) is 13.8 Å². The fourth-order valence-corrected chi connectivity index (χ4v) is 3.85. The van der Waals surface area contributed by atoms with Crippen LogP contribution in [0.1, 0.15) is 59.8 Å². The highest BCUT2D eigenvalue weighted by atomic mass is 16.7. The van der Waals surface area contributed by atoms with Gasteiger partial charge in [-0.15, -0.1) is 0 Å². The van der Waals surface area contributed by atoms with Crippen molar-refractivity contribution in [2.45, 2.75) is 77.3 Å². The Morgan fingerprint density at radius 3 is 1.94 bits per heavy atom. The maximum Gasteiger partial charge on any atom is 0.224 e. The Morgan fingerprint density at radius 2 is 1.50 bits per heavy atom. The molecule has 0 aliphatic carbocycles. The SMILES string of the molecule is CC(C)(CNC(=O)[C@H]1CCNC1)OC1CCCCO1.CC(C)(O)CNC(=O)[C@H]1CCNC1. The minimum absolute atomic E-state index is 0.0483. The van der Waals surface area contributed by atoms with Crippen LogP contribution in [0.3, 0.4) is 0 Å². The van der Waals surface area contributed by atoms with Gasteiger partial charge in [0, 0.05) is 32.8 Å². The molecule has 3 atom stereocenters. The zero-order valence-electron chi connectivity index (χ0n) is 20.3. The Morgan fingerprint density at radius 1 is 0.938 bits per heavy atom. The van der Waals surface area contributed by atoms with E-state index in [1.54, 1.807) is 13.8 Å². The molecule has 0 spiro atoms. The quantitative estimate of drug-likeness (QED) is 0.361.